The fourth-order valence-electron chi connectivity index (χ4n) is 2.88. The first-order chi connectivity index (χ1) is 7.54. The SMILES string of the molecule is CCCC[Si]1(Cl)CCC[Si](Cl)(CCCC)C1. The number of halogens is 2. The van der Waals surface area contributed by atoms with Crippen molar-refractivity contribution in [3.8, 4) is 0 Å². The van der Waals surface area contributed by atoms with Crippen molar-refractivity contribution in [1.29, 1.82) is 0 Å². The van der Waals surface area contributed by atoms with Crippen LogP contribution in [0.4, 0.5) is 0 Å². The smallest absolute Gasteiger partial charge is 0.155 e. The maximum Gasteiger partial charge on any atom is 0.155 e. The Hall–Kier alpha value is 1.01. The van der Waals surface area contributed by atoms with E-state index >= 15 is 0 Å². The Morgan fingerprint density at radius 1 is 0.875 bits per heavy atom. The van der Waals surface area contributed by atoms with Gasteiger partial charge < -0.3 is 0 Å². The topological polar surface area (TPSA) is 0 Å². The first kappa shape index (κ1) is 15.1. The van der Waals surface area contributed by atoms with Gasteiger partial charge in [-0.2, -0.15) is 22.2 Å². The van der Waals surface area contributed by atoms with Gasteiger partial charge in [0.15, 0.2) is 14.8 Å². The van der Waals surface area contributed by atoms with Crippen LogP contribution < -0.4 is 0 Å². The molecule has 0 nitrogen and oxygen atoms in total. The summed E-state index contributed by atoms with van der Waals surface area (Å²) in [5.74, 6) is 0. The van der Waals surface area contributed by atoms with Crippen LogP contribution in [0.2, 0.25) is 29.8 Å². The van der Waals surface area contributed by atoms with Crippen LogP contribution in [0.25, 0.3) is 0 Å². The zero-order valence-corrected chi connectivity index (χ0v) is 14.3. The van der Waals surface area contributed by atoms with Gasteiger partial charge >= 0.3 is 0 Å². The molecule has 1 fully saturated rings. The summed E-state index contributed by atoms with van der Waals surface area (Å²) in [5, 5.41) is 0. The molecule has 1 rings (SSSR count). The molecule has 1 aliphatic rings. The molecule has 0 aliphatic carbocycles. The second-order valence-electron chi connectivity index (χ2n) is 5.54. The van der Waals surface area contributed by atoms with Crippen LogP contribution >= 0.6 is 22.2 Å². The summed E-state index contributed by atoms with van der Waals surface area (Å²) in [6.07, 6.45) is 6.55. The Labute approximate surface area is 113 Å². The van der Waals surface area contributed by atoms with Crippen molar-refractivity contribution in [3.05, 3.63) is 0 Å². The van der Waals surface area contributed by atoms with Crippen LogP contribution in [0.15, 0.2) is 0 Å². The van der Waals surface area contributed by atoms with E-state index in [1.54, 1.807) is 0 Å². The van der Waals surface area contributed by atoms with Crippen LogP contribution in [-0.4, -0.2) is 14.8 Å². The van der Waals surface area contributed by atoms with E-state index in [4.69, 9.17) is 22.2 Å². The molecule has 0 aromatic carbocycles. The molecule has 0 saturated carbocycles. The van der Waals surface area contributed by atoms with Crippen molar-refractivity contribution in [1.82, 2.24) is 0 Å². The predicted molar refractivity (Wildman–Crippen MR) is 81.7 cm³/mol. The normalized spacial score (nSPS) is 35.2. The highest BCUT2D eigenvalue weighted by molar-refractivity contribution is 7.33. The van der Waals surface area contributed by atoms with E-state index in [-0.39, 0.29) is 0 Å². The van der Waals surface area contributed by atoms with Crippen molar-refractivity contribution >= 4 is 36.9 Å². The number of unbranched alkanes of at least 4 members (excludes halogenated alkanes) is 2. The summed E-state index contributed by atoms with van der Waals surface area (Å²) in [4.78, 5) is 0. The molecule has 1 saturated heterocycles. The van der Waals surface area contributed by atoms with Crippen LogP contribution in [0.5, 0.6) is 0 Å². The number of hydrogen-bond acceptors (Lipinski definition) is 0. The maximum absolute atomic E-state index is 6.91. The lowest BCUT2D eigenvalue weighted by Gasteiger charge is -2.38. The van der Waals surface area contributed by atoms with Crippen molar-refractivity contribution in [2.24, 2.45) is 0 Å². The lowest BCUT2D eigenvalue weighted by molar-refractivity contribution is 0.839. The van der Waals surface area contributed by atoms with Gasteiger partial charge in [-0.1, -0.05) is 46.0 Å². The van der Waals surface area contributed by atoms with E-state index in [1.165, 1.54) is 61.9 Å². The van der Waals surface area contributed by atoms with Crippen LogP contribution in [0, 0.1) is 0 Å². The van der Waals surface area contributed by atoms with E-state index in [0.29, 0.717) is 0 Å². The van der Waals surface area contributed by atoms with E-state index < -0.39 is 14.8 Å². The summed E-state index contributed by atoms with van der Waals surface area (Å²) in [5.41, 5.74) is 1.29. The van der Waals surface area contributed by atoms with Gasteiger partial charge in [-0.05, 0) is 29.8 Å². The third-order valence-electron chi connectivity index (χ3n) is 3.84. The molecule has 0 amide bonds. The monoisotopic (exact) mass is 296 g/mol. The largest absolute Gasteiger partial charge is 0.167 e. The molecule has 2 unspecified atom stereocenters. The molecule has 16 heavy (non-hydrogen) atoms. The molecule has 2 atom stereocenters. The van der Waals surface area contributed by atoms with Gasteiger partial charge in [0.1, 0.15) is 0 Å². The zero-order valence-electron chi connectivity index (χ0n) is 10.8. The Bertz CT molecular complexity index is 193. The molecule has 0 aromatic rings. The average molecular weight is 297 g/mol. The average Bonchev–Trinajstić information content (AvgIpc) is 2.24. The molecular weight excluding hydrogens is 271 g/mol. The van der Waals surface area contributed by atoms with Crippen molar-refractivity contribution in [2.75, 3.05) is 0 Å². The highest BCUT2D eigenvalue weighted by Gasteiger charge is 2.45. The summed E-state index contributed by atoms with van der Waals surface area (Å²) < 4.78 is 0. The third kappa shape index (κ3) is 4.71. The molecule has 1 heterocycles. The van der Waals surface area contributed by atoms with Gasteiger partial charge in [0.05, 0.1) is 0 Å². The van der Waals surface area contributed by atoms with Gasteiger partial charge in [0, 0.05) is 0 Å². The van der Waals surface area contributed by atoms with Crippen molar-refractivity contribution in [2.45, 2.75) is 75.8 Å². The molecule has 0 bridgehead atoms. The first-order valence-electron chi connectivity index (χ1n) is 6.91. The van der Waals surface area contributed by atoms with Gasteiger partial charge in [-0.15, -0.1) is 0 Å². The minimum atomic E-state index is -1.44. The number of hydrogen-bond donors (Lipinski definition) is 0. The standard InChI is InChI=1S/C12H26Cl2Si2/c1-3-5-8-15(13)10-7-11-16(14,12-15)9-6-4-2/h3-12H2,1-2H3. The minimum Gasteiger partial charge on any atom is -0.167 e. The molecule has 0 spiro atoms. The number of rotatable bonds is 6. The maximum atomic E-state index is 6.91. The zero-order chi connectivity index (χ0) is 12.1. The van der Waals surface area contributed by atoms with E-state index in [0.717, 1.165) is 0 Å². The molecule has 1 aliphatic heterocycles. The van der Waals surface area contributed by atoms with Gasteiger partial charge in [0.2, 0.25) is 0 Å². The van der Waals surface area contributed by atoms with E-state index in [9.17, 15) is 0 Å². The van der Waals surface area contributed by atoms with Gasteiger partial charge in [0.25, 0.3) is 0 Å². The molecule has 0 N–H and O–H groups in total. The van der Waals surface area contributed by atoms with E-state index in [1.807, 2.05) is 0 Å². The summed E-state index contributed by atoms with van der Waals surface area (Å²) in [7, 11) is -2.88. The Morgan fingerprint density at radius 3 is 1.69 bits per heavy atom. The molecule has 0 radical (unpaired) electrons. The van der Waals surface area contributed by atoms with Crippen LogP contribution in [0.3, 0.4) is 0 Å². The Kier molecular flexibility index (Phi) is 6.42. The third-order valence-corrected chi connectivity index (χ3v) is 18.6. The summed E-state index contributed by atoms with van der Waals surface area (Å²) in [6, 6.07) is 5.31. The van der Waals surface area contributed by atoms with Gasteiger partial charge in [-0.25, -0.2) is 0 Å². The summed E-state index contributed by atoms with van der Waals surface area (Å²) >= 11 is 13.8. The highest BCUT2D eigenvalue weighted by atomic mass is 35.6. The summed E-state index contributed by atoms with van der Waals surface area (Å²) in [6.45, 7) is 4.53. The lowest BCUT2D eigenvalue weighted by Crippen LogP contribution is -2.44. The fraction of sp³-hybridized carbons (Fsp3) is 1.00. The van der Waals surface area contributed by atoms with Crippen LogP contribution in [-0.2, 0) is 0 Å². The molecule has 96 valence electrons. The van der Waals surface area contributed by atoms with Crippen molar-refractivity contribution < 1.29 is 0 Å². The van der Waals surface area contributed by atoms with Gasteiger partial charge in [-0.3, -0.25) is 0 Å². The molecular formula is C12H26Cl2Si2. The molecule has 4 heteroatoms. The minimum absolute atomic E-state index is 1.28. The predicted octanol–water partition coefficient (Wildman–Crippen LogP) is 5.90. The highest BCUT2D eigenvalue weighted by Crippen LogP contribution is 2.45. The lowest BCUT2D eigenvalue weighted by atomic mass is 10.4. The Balaban J connectivity index is 2.50. The quantitative estimate of drug-likeness (QED) is 0.423. The van der Waals surface area contributed by atoms with E-state index in [2.05, 4.69) is 13.8 Å². The second kappa shape index (κ2) is 6.82. The Morgan fingerprint density at radius 2 is 1.31 bits per heavy atom. The van der Waals surface area contributed by atoms with Crippen molar-refractivity contribution in [3.63, 3.8) is 0 Å². The second-order valence-corrected chi connectivity index (χ2v) is 18.4. The first-order valence-corrected chi connectivity index (χ1v) is 14.2. The molecule has 0 aromatic heterocycles. The van der Waals surface area contributed by atoms with Crippen LogP contribution in [0.1, 0.15) is 46.0 Å². The fourth-order valence-corrected chi connectivity index (χ4v) is 21.5.